The number of carbonyl (C=O) groups excluding carboxylic acids is 2. The lowest BCUT2D eigenvalue weighted by Crippen LogP contribution is -2.35. The Kier molecular flexibility index (Phi) is 7.22. The summed E-state index contributed by atoms with van der Waals surface area (Å²) in [4.78, 5) is 23.7. The van der Waals surface area contributed by atoms with Gasteiger partial charge in [-0.15, -0.1) is 0 Å². The van der Waals surface area contributed by atoms with E-state index in [9.17, 15) is 9.59 Å². The van der Waals surface area contributed by atoms with E-state index in [2.05, 4.69) is 5.32 Å². The van der Waals surface area contributed by atoms with Gasteiger partial charge in [0.15, 0.2) is 6.61 Å². The van der Waals surface area contributed by atoms with Crippen LogP contribution in [0.25, 0.3) is 0 Å². The summed E-state index contributed by atoms with van der Waals surface area (Å²) < 4.78 is 15.2. The second kappa shape index (κ2) is 8.92. The van der Waals surface area contributed by atoms with Gasteiger partial charge in [0.05, 0.1) is 19.8 Å². The molecule has 0 fully saturated rings. The Balaban J connectivity index is 2.60. The predicted molar refractivity (Wildman–Crippen MR) is 82.3 cm³/mol. The summed E-state index contributed by atoms with van der Waals surface area (Å²) in [5.74, 6) is 0.0410. The third-order valence-corrected chi connectivity index (χ3v) is 3.05. The molecule has 0 radical (unpaired) electrons. The van der Waals surface area contributed by atoms with Crippen molar-refractivity contribution < 1.29 is 23.8 Å². The Morgan fingerprint density at radius 3 is 2.23 bits per heavy atom. The highest BCUT2D eigenvalue weighted by Gasteiger charge is 2.14. The van der Waals surface area contributed by atoms with Crippen LogP contribution in [-0.2, 0) is 9.53 Å². The highest BCUT2D eigenvalue weighted by atomic mass is 16.5. The quantitative estimate of drug-likeness (QED) is 0.745. The first kappa shape index (κ1) is 17.8. The summed E-state index contributed by atoms with van der Waals surface area (Å²) in [5.41, 5.74) is 0.269. The third-order valence-electron chi connectivity index (χ3n) is 3.05. The van der Waals surface area contributed by atoms with Crippen molar-refractivity contribution in [3.8, 4) is 11.5 Å². The maximum Gasteiger partial charge on any atom is 0.338 e. The van der Waals surface area contributed by atoms with E-state index in [0.29, 0.717) is 11.5 Å². The van der Waals surface area contributed by atoms with Crippen LogP contribution in [0.3, 0.4) is 0 Å². The fourth-order valence-electron chi connectivity index (χ4n) is 1.96. The van der Waals surface area contributed by atoms with E-state index in [1.54, 1.807) is 6.07 Å². The molecule has 0 unspecified atom stereocenters. The van der Waals surface area contributed by atoms with Crippen molar-refractivity contribution in [3.63, 3.8) is 0 Å². The minimum absolute atomic E-state index is 0.0631. The van der Waals surface area contributed by atoms with E-state index >= 15 is 0 Å². The molecule has 0 spiro atoms. The first-order valence-electron chi connectivity index (χ1n) is 7.19. The predicted octanol–water partition coefficient (Wildman–Crippen LogP) is 2.17. The molecular weight excluding hydrogens is 286 g/mol. The second-order valence-corrected chi connectivity index (χ2v) is 4.93. The van der Waals surface area contributed by atoms with Crippen LogP contribution in [0.1, 0.15) is 37.0 Å². The summed E-state index contributed by atoms with van der Waals surface area (Å²) >= 11 is 0. The molecule has 0 bridgehead atoms. The number of nitrogens with one attached hydrogen (secondary N) is 1. The Labute approximate surface area is 130 Å². The van der Waals surface area contributed by atoms with Gasteiger partial charge in [-0.25, -0.2) is 4.79 Å². The highest BCUT2D eigenvalue weighted by molar-refractivity contribution is 5.92. The molecule has 6 heteroatoms. The summed E-state index contributed by atoms with van der Waals surface area (Å²) in [6.07, 6.45) is 1.86. The van der Waals surface area contributed by atoms with Gasteiger partial charge in [-0.2, -0.15) is 0 Å². The molecule has 22 heavy (non-hydrogen) atoms. The zero-order valence-electron chi connectivity index (χ0n) is 13.5. The molecule has 0 saturated heterocycles. The smallest absolute Gasteiger partial charge is 0.338 e. The van der Waals surface area contributed by atoms with E-state index in [1.165, 1.54) is 26.4 Å². The monoisotopic (exact) mass is 309 g/mol. The molecule has 0 aromatic heterocycles. The number of methoxy groups -OCH3 is 2. The zero-order valence-corrected chi connectivity index (χ0v) is 13.5. The normalized spacial score (nSPS) is 11.5. The lowest BCUT2D eigenvalue weighted by Gasteiger charge is -2.13. The van der Waals surface area contributed by atoms with E-state index < -0.39 is 5.97 Å². The number of ether oxygens (including phenoxy) is 3. The van der Waals surface area contributed by atoms with Crippen molar-refractivity contribution in [3.05, 3.63) is 23.8 Å². The Hall–Kier alpha value is -2.24. The second-order valence-electron chi connectivity index (χ2n) is 4.93. The van der Waals surface area contributed by atoms with E-state index in [-0.39, 0.29) is 24.1 Å². The van der Waals surface area contributed by atoms with Gasteiger partial charge in [0.1, 0.15) is 11.5 Å². The SMILES string of the molecule is CCC[C@H](C)NC(=O)COC(=O)c1cc(OC)cc(OC)c1. The van der Waals surface area contributed by atoms with Gasteiger partial charge in [-0.05, 0) is 25.5 Å². The number of hydrogen-bond acceptors (Lipinski definition) is 5. The fourth-order valence-corrected chi connectivity index (χ4v) is 1.96. The summed E-state index contributed by atoms with van der Waals surface area (Å²) in [6, 6.07) is 4.77. The highest BCUT2D eigenvalue weighted by Crippen LogP contribution is 2.22. The summed E-state index contributed by atoms with van der Waals surface area (Å²) in [7, 11) is 2.99. The van der Waals surface area contributed by atoms with Crippen molar-refractivity contribution in [2.45, 2.75) is 32.7 Å². The molecule has 6 nitrogen and oxygen atoms in total. The van der Waals surface area contributed by atoms with Crippen LogP contribution in [-0.4, -0.2) is 38.7 Å². The molecule has 1 N–H and O–H groups in total. The Morgan fingerprint density at radius 2 is 1.73 bits per heavy atom. The number of rotatable bonds is 8. The van der Waals surface area contributed by atoms with Crippen molar-refractivity contribution in [2.24, 2.45) is 0 Å². The molecule has 0 saturated carbocycles. The molecule has 1 rings (SSSR count). The summed E-state index contributed by atoms with van der Waals surface area (Å²) in [6.45, 7) is 3.64. The third kappa shape index (κ3) is 5.63. The number of carbonyl (C=O) groups is 2. The molecule has 0 aliphatic rings. The van der Waals surface area contributed by atoms with Gasteiger partial charge in [-0.3, -0.25) is 4.79 Å². The number of benzene rings is 1. The van der Waals surface area contributed by atoms with E-state index in [0.717, 1.165) is 12.8 Å². The van der Waals surface area contributed by atoms with Gasteiger partial charge in [0, 0.05) is 12.1 Å². The topological polar surface area (TPSA) is 73.9 Å². The van der Waals surface area contributed by atoms with Gasteiger partial charge < -0.3 is 19.5 Å². The average molecular weight is 309 g/mol. The summed E-state index contributed by atoms with van der Waals surface area (Å²) in [5, 5.41) is 2.77. The van der Waals surface area contributed by atoms with Gasteiger partial charge >= 0.3 is 5.97 Å². The van der Waals surface area contributed by atoms with Crippen LogP contribution in [0.5, 0.6) is 11.5 Å². The maximum absolute atomic E-state index is 12.0. The molecule has 0 heterocycles. The molecule has 1 aromatic rings. The van der Waals surface area contributed by atoms with Crippen LogP contribution in [0.2, 0.25) is 0 Å². The van der Waals surface area contributed by atoms with Gasteiger partial charge in [-0.1, -0.05) is 13.3 Å². The average Bonchev–Trinajstić information content (AvgIpc) is 2.52. The zero-order chi connectivity index (χ0) is 16.5. The maximum atomic E-state index is 12.0. The lowest BCUT2D eigenvalue weighted by molar-refractivity contribution is -0.124. The van der Waals surface area contributed by atoms with Gasteiger partial charge in [0.25, 0.3) is 5.91 Å². The van der Waals surface area contributed by atoms with Crippen molar-refractivity contribution in [1.82, 2.24) is 5.32 Å². The van der Waals surface area contributed by atoms with Gasteiger partial charge in [0.2, 0.25) is 0 Å². The molecule has 1 atom stereocenters. The first-order valence-corrected chi connectivity index (χ1v) is 7.19. The minimum Gasteiger partial charge on any atom is -0.497 e. The molecule has 122 valence electrons. The van der Waals surface area contributed by atoms with Crippen molar-refractivity contribution in [1.29, 1.82) is 0 Å². The molecule has 0 aliphatic heterocycles. The molecule has 0 aliphatic carbocycles. The Bertz CT molecular complexity index is 493. The molecule has 1 aromatic carbocycles. The number of hydrogen-bond donors (Lipinski definition) is 1. The fraction of sp³-hybridized carbons (Fsp3) is 0.500. The molecule has 1 amide bonds. The van der Waals surface area contributed by atoms with Crippen LogP contribution in [0, 0.1) is 0 Å². The first-order chi connectivity index (χ1) is 10.5. The Morgan fingerprint density at radius 1 is 1.14 bits per heavy atom. The lowest BCUT2D eigenvalue weighted by atomic mass is 10.2. The largest absolute Gasteiger partial charge is 0.497 e. The van der Waals surface area contributed by atoms with Crippen LogP contribution < -0.4 is 14.8 Å². The molecular formula is C16H23NO5. The number of esters is 1. The standard InChI is InChI=1S/C16H23NO5/c1-5-6-11(2)17-15(18)10-22-16(19)12-7-13(20-3)9-14(8-12)21-4/h7-9,11H,5-6,10H2,1-4H3,(H,17,18)/t11-/m0/s1. The van der Waals surface area contributed by atoms with E-state index in [4.69, 9.17) is 14.2 Å². The van der Waals surface area contributed by atoms with Crippen LogP contribution in [0.4, 0.5) is 0 Å². The number of amides is 1. The van der Waals surface area contributed by atoms with Crippen molar-refractivity contribution in [2.75, 3.05) is 20.8 Å². The minimum atomic E-state index is -0.601. The van der Waals surface area contributed by atoms with Crippen molar-refractivity contribution >= 4 is 11.9 Å². The van der Waals surface area contributed by atoms with Crippen LogP contribution in [0.15, 0.2) is 18.2 Å². The van der Waals surface area contributed by atoms with Crippen LogP contribution >= 0.6 is 0 Å². The van der Waals surface area contributed by atoms with E-state index in [1.807, 2.05) is 13.8 Å².